The number of nitrogens with zero attached hydrogens (tertiary/aromatic N) is 2. The fourth-order valence-electron chi connectivity index (χ4n) is 3.52. The summed E-state index contributed by atoms with van der Waals surface area (Å²) in [4.78, 5) is 28.6. The van der Waals surface area contributed by atoms with Crippen molar-refractivity contribution in [2.24, 2.45) is 0 Å². The van der Waals surface area contributed by atoms with Crippen molar-refractivity contribution in [3.63, 3.8) is 0 Å². The number of rotatable bonds is 2. The van der Waals surface area contributed by atoms with Gasteiger partial charge in [0.05, 0.1) is 0 Å². The lowest BCUT2D eigenvalue weighted by molar-refractivity contribution is -0.142. The summed E-state index contributed by atoms with van der Waals surface area (Å²) >= 11 is 0. The maximum atomic E-state index is 13.2. The molecule has 1 aromatic carbocycles. The second-order valence-electron chi connectivity index (χ2n) is 6.44. The molecule has 1 aliphatic heterocycles. The van der Waals surface area contributed by atoms with Gasteiger partial charge in [-0.05, 0) is 25.2 Å². The molecule has 0 unspecified atom stereocenters. The Morgan fingerprint density at radius 2 is 1.82 bits per heavy atom. The molecule has 22 heavy (non-hydrogen) atoms. The molecule has 5 heteroatoms. The molecular weight excluding hydrogens is 278 g/mol. The first-order valence-electron chi connectivity index (χ1n) is 7.83. The molecule has 3 rings (SSSR count). The number of benzene rings is 1. The average molecular weight is 301 g/mol. The van der Waals surface area contributed by atoms with Crippen LogP contribution in [0.25, 0.3) is 0 Å². The monoisotopic (exact) mass is 301 g/mol. The Bertz CT molecular complexity index is 572. The number of likely N-dealkylation sites (N-methyl/N-ethyl adjacent to an activating group) is 1. The second kappa shape index (κ2) is 5.72. The standard InChI is InChI=1S/C17H23N3O2/c1-19(2)17(11-13-5-3-4-6-14(13)12-17)16(22)20-9-7-15(21)18-8-10-20/h3-6H,7-12H2,1-2H3,(H,18,21). The van der Waals surface area contributed by atoms with Crippen LogP contribution in [-0.2, 0) is 22.4 Å². The van der Waals surface area contributed by atoms with E-state index in [-0.39, 0.29) is 11.8 Å². The molecule has 118 valence electrons. The van der Waals surface area contributed by atoms with E-state index in [2.05, 4.69) is 22.3 Å². The average Bonchev–Trinajstić information content (AvgIpc) is 2.78. The molecule has 1 heterocycles. The van der Waals surface area contributed by atoms with Crippen LogP contribution in [0, 0.1) is 0 Å². The highest BCUT2D eigenvalue weighted by molar-refractivity contribution is 5.89. The molecule has 0 aromatic heterocycles. The Kier molecular flexibility index (Phi) is 3.91. The van der Waals surface area contributed by atoms with Gasteiger partial charge in [0, 0.05) is 38.9 Å². The van der Waals surface area contributed by atoms with Crippen LogP contribution < -0.4 is 5.32 Å². The van der Waals surface area contributed by atoms with Crippen LogP contribution in [0.15, 0.2) is 24.3 Å². The zero-order chi connectivity index (χ0) is 15.7. The number of nitrogens with one attached hydrogen (secondary N) is 1. The van der Waals surface area contributed by atoms with E-state index in [1.54, 1.807) is 0 Å². The molecule has 0 saturated carbocycles. The molecule has 1 aromatic rings. The maximum Gasteiger partial charge on any atom is 0.243 e. The van der Waals surface area contributed by atoms with Gasteiger partial charge in [-0.3, -0.25) is 14.5 Å². The molecule has 0 radical (unpaired) electrons. The molecule has 5 nitrogen and oxygen atoms in total. The van der Waals surface area contributed by atoms with Crippen LogP contribution in [0.3, 0.4) is 0 Å². The molecule has 2 amide bonds. The largest absolute Gasteiger partial charge is 0.354 e. The lowest BCUT2D eigenvalue weighted by Gasteiger charge is -2.38. The van der Waals surface area contributed by atoms with Crippen molar-refractivity contribution in [3.8, 4) is 0 Å². The van der Waals surface area contributed by atoms with Gasteiger partial charge in [-0.1, -0.05) is 24.3 Å². The first kappa shape index (κ1) is 15.0. The van der Waals surface area contributed by atoms with Crippen molar-refractivity contribution in [3.05, 3.63) is 35.4 Å². The van der Waals surface area contributed by atoms with Crippen molar-refractivity contribution in [2.45, 2.75) is 24.8 Å². The van der Waals surface area contributed by atoms with Gasteiger partial charge in [0.25, 0.3) is 0 Å². The number of amides is 2. The minimum absolute atomic E-state index is 0.0314. The van der Waals surface area contributed by atoms with E-state index in [1.807, 2.05) is 31.1 Å². The highest BCUT2D eigenvalue weighted by Gasteiger charge is 2.47. The van der Waals surface area contributed by atoms with E-state index in [1.165, 1.54) is 11.1 Å². The second-order valence-corrected chi connectivity index (χ2v) is 6.44. The number of hydrogen-bond acceptors (Lipinski definition) is 3. The van der Waals surface area contributed by atoms with Crippen LogP contribution in [0.1, 0.15) is 17.5 Å². The van der Waals surface area contributed by atoms with E-state index in [0.29, 0.717) is 26.1 Å². The summed E-state index contributed by atoms with van der Waals surface area (Å²) in [6.45, 7) is 1.65. The maximum absolute atomic E-state index is 13.2. The summed E-state index contributed by atoms with van der Waals surface area (Å²) in [5.41, 5.74) is 2.00. The van der Waals surface area contributed by atoms with Gasteiger partial charge in [-0.2, -0.15) is 0 Å². The van der Waals surface area contributed by atoms with Crippen molar-refractivity contribution < 1.29 is 9.59 Å². The third kappa shape index (κ3) is 2.50. The first-order valence-corrected chi connectivity index (χ1v) is 7.83. The molecule has 1 aliphatic carbocycles. The molecule has 0 spiro atoms. The number of fused-ring (bicyclic) bond motifs is 1. The fraction of sp³-hybridized carbons (Fsp3) is 0.529. The third-order valence-corrected chi connectivity index (χ3v) is 4.94. The number of carbonyl (C=O) groups is 2. The smallest absolute Gasteiger partial charge is 0.243 e. The van der Waals surface area contributed by atoms with E-state index < -0.39 is 5.54 Å². The molecule has 1 saturated heterocycles. The zero-order valence-electron chi connectivity index (χ0n) is 13.3. The highest BCUT2D eigenvalue weighted by atomic mass is 16.2. The minimum Gasteiger partial charge on any atom is -0.354 e. The summed E-state index contributed by atoms with van der Waals surface area (Å²) in [7, 11) is 3.95. The van der Waals surface area contributed by atoms with E-state index in [4.69, 9.17) is 0 Å². The fourth-order valence-corrected chi connectivity index (χ4v) is 3.52. The van der Waals surface area contributed by atoms with Crippen LogP contribution in [0.4, 0.5) is 0 Å². The Morgan fingerprint density at radius 1 is 1.18 bits per heavy atom. The van der Waals surface area contributed by atoms with Gasteiger partial charge in [-0.25, -0.2) is 0 Å². The van der Waals surface area contributed by atoms with Crippen LogP contribution in [0.5, 0.6) is 0 Å². The molecule has 2 aliphatic rings. The molecule has 0 atom stereocenters. The molecular formula is C17H23N3O2. The van der Waals surface area contributed by atoms with Crippen molar-refractivity contribution in [2.75, 3.05) is 33.7 Å². The SMILES string of the molecule is CN(C)C1(C(=O)N2CCNC(=O)CC2)Cc2ccccc2C1. The van der Waals surface area contributed by atoms with Crippen LogP contribution in [-0.4, -0.2) is 60.9 Å². The van der Waals surface area contributed by atoms with E-state index in [9.17, 15) is 9.59 Å². The topological polar surface area (TPSA) is 52.7 Å². The van der Waals surface area contributed by atoms with Gasteiger partial charge < -0.3 is 10.2 Å². The predicted molar refractivity (Wildman–Crippen MR) is 84.5 cm³/mol. The highest BCUT2D eigenvalue weighted by Crippen LogP contribution is 2.35. The number of carbonyl (C=O) groups excluding carboxylic acids is 2. The van der Waals surface area contributed by atoms with Crippen molar-refractivity contribution in [1.29, 1.82) is 0 Å². The number of hydrogen-bond donors (Lipinski definition) is 1. The summed E-state index contributed by atoms with van der Waals surface area (Å²) in [6, 6.07) is 8.29. The minimum atomic E-state index is -0.517. The molecule has 0 bridgehead atoms. The van der Waals surface area contributed by atoms with Crippen LogP contribution in [0.2, 0.25) is 0 Å². The predicted octanol–water partition coefficient (Wildman–Crippen LogP) is 0.434. The lowest BCUT2D eigenvalue weighted by atomic mass is 9.92. The van der Waals surface area contributed by atoms with Gasteiger partial charge in [0.15, 0.2) is 0 Å². The molecule has 1 fully saturated rings. The lowest BCUT2D eigenvalue weighted by Crippen LogP contribution is -2.58. The van der Waals surface area contributed by atoms with Gasteiger partial charge in [0.2, 0.25) is 11.8 Å². The summed E-state index contributed by atoms with van der Waals surface area (Å²) < 4.78 is 0. The third-order valence-electron chi connectivity index (χ3n) is 4.94. The van der Waals surface area contributed by atoms with Crippen LogP contribution >= 0.6 is 0 Å². The van der Waals surface area contributed by atoms with Gasteiger partial charge >= 0.3 is 0 Å². The Labute approximate surface area is 131 Å². The van der Waals surface area contributed by atoms with E-state index >= 15 is 0 Å². The quantitative estimate of drug-likeness (QED) is 0.862. The summed E-state index contributed by atoms with van der Waals surface area (Å²) in [6.07, 6.45) is 1.88. The summed E-state index contributed by atoms with van der Waals surface area (Å²) in [5.74, 6) is 0.175. The zero-order valence-corrected chi connectivity index (χ0v) is 13.3. The molecule has 1 N–H and O–H groups in total. The van der Waals surface area contributed by atoms with Crippen molar-refractivity contribution >= 4 is 11.8 Å². The van der Waals surface area contributed by atoms with Gasteiger partial charge in [0.1, 0.15) is 5.54 Å². The summed E-state index contributed by atoms with van der Waals surface area (Å²) in [5, 5.41) is 2.83. The Balaban J connectivity index is 1.86. The van der Waals surface area contributed by atoms with Gasteiger partial charge in [-0.15, -0.1) is 0 Å². The van der Waals surface area contributed by atoms with E-state index in [0.717, 1.165) is 12.8 Å². The Morgan fingerprint density at radius 3 is 2.41 bits per heavy atom. The first-order chi connectivity index (χ1) is 10.5. The normalized spacial score (nSPS) is 20.5. The Hall–Kier alpha value is -1.88. The van der Waals surface area contributed by atoms with Crippen molar-refractivity contribution in [1.82, 2.24) is 15.1 Å².